The van der Waals surface area contributed by atoms with Crippen molar-refractivity contribution in [2.75, 3.05) is 13.2 Å². The largest absolute Gasteiger partial charge is 0.417 e. The van der Waals surface area contributed by atoms with Gasteiger partial charge in [0.2, 0.25) is 0 Å². The minimum atomic E-state index is -4.46. The van der Waals surface area contributed by atoms with Crippen LogP contribution in [0, 0.1) is 5.41 Å². The van der Waals surface area contributed by atoms with Gasteiger partial charge in [-0.05, 0) is 41.9 Å². The van der Waals surface area contributed by atoms with E-state index in [2.05, 4.69) is 32.7 Å². The third-order valence-electron chi connectivity index (χ3n) is 7.40. The number of rotatable bonds is 2. The Hall–Kier alpha value is -2.03. The van der Waals surface area contributed by atoms with Crippen LogP contribution in [-0.4, -0.2) is 28.3 Å². The highest BCUT2D eigenvalue weighted by Crippen LogP contribution is 2.57. The summed E-state index contributed by atoms with van der Waals surface area (Å²) in [5, 5.41) is 11.3. The molecule has 5 rings (SSSR count). The first-order valence-electron chi connectivity index (χ1n) is 12.0. The predicted molar refractivity (Wildman–Crippen MR) is 119 cm³/mol. The average Bonchev–Trinajstić information content (AvgIpc) is 3.06. The zero-order valence-electron chi connectivity index (χ0n) is 20.0. The molecule has 1 fully saturated rings. The summed E-state index contributed by atoms with van der Waals surface area (Å²) in [7, 11) is 0. The molecule has 0 amide bonds. The highest BCUT2D eigenvalue weighted by Gasteiger charge is 2.52. The normalized spacial score (nSPS) is 25.4. The van der Waals surface area contributed by atoms with E-state index in [1.165, 1.54) is 6.07 Å². The molecule has 2 aliphatic heterocycles. The van der Waals surface area contributed by atoms with Crippen molar-refractivity contribution >= 4 is 0 Å². The molecule has 1 N–H and O–H groups in total. The fourth-order valence-corrected chi connectivity index (χ4v) is 5.87. The molecule has 1 aliphatic carbocycles. The van der Waals surface area contributed by atoms with Gasteiger partial charge in [0.25, 0.3) is 0 Å². The molecule has 2 aromatic rings. The Morgan fingerprint density at radius 1 is 1.12 bits per heavy atom. The van der Waals surface area contributed by atoms with Crippen molar-refractivity contribution in [3.63, 3.8) is 0 Å². The summed E-state index contributed by atoms with van der Waals surface area (Å²) in [4.78, 5) is 9.25. The van der Waals surface area contributed by atoms with Gasteiger partial charge in [-0.2, -0.15) is 13.2 Å². The van der Waals surface area contributed by atoms with E-state index in [9.17, 15) is 18.3 Å². The van der Waals surface area contributed by atoms with Crippen molar-refractivity contribution in [1.29, 1.82) is 0 Å². The number of fused-ring (bicyclic) bond motifs is 4. The molecule has 8 heteroatoms. The lowest BCUT2D eigenvalue weighted by Gasteiger charge is -2.40. The first kappa shape index (κ1) is 23.7. The molecule has 0 saturated carbocycles. The molecule has 2 aromatic heterocycles. The Kier molecular flexibility index (Phi) is 5.58. The summed E-state index contributed by atoms with van der Waals surface area (Å²) in [5.74, 6) is 0.0665. The van der Waals surface area contributed by atoms with Gasteiger partial charge in [-0.1, -0.05) is 27.7 Å². The number of aliphatic hydroxyl groups is 1. The lowest BCUT2D eigenvalue weighted by Crippen LogP contribution is -2.37. The fourth-order valence-electron chi connectivity index (χ4n) is 5.87. The smallest absolute Gasteiger partial charge is 0.388 e. The van der Waals surface area contributed by atoms with Crippen LogP contribution < -0.4 is 0 Å². The number of nitrogens with zero attached hydrogens (tertiary/aromatic N) is 2. The molecule has 2 atom stereocenters. The summed E-state index contributed by atoms with van der Waals surface area (Å²) < 4.78 is 51.9. The van der Waals surface area contributed by atoms with Gasteiger partial charge < -0.3 is 14.6 Å². The summed E-state index contributed by atoms with van der Waals surface area (Å²) in [6.45, 7) is 9.43. The number of halogens is 3. The van der Waals surface area contributed by atoms with E-state index >= 15 is 0 Å². The third kappa shape index (κ3) is 3.84. The van der Waals surface area contributed by atoms with Gasteiger partial charge in [0.05, 0.1) is 23.0 Å². The van der Waals surface area contributed by atoms with E-state index in [-0.39, 0.29) is 11.3 Å². The summed E-state index contributed by atoms with van der Waals surface area (Å²) >= 11 is 0. The molecule has 5 nitrogen and oxygen atoms in total. The number of aliphatic hydroxyl groups excluding tert-OH is 1. The van der Waals surface area contributed by atoms with Crippen LogP contribution in [0.2, 0.25) is 0 Å². The number of alkyl halides is 3. The number of pyridine rings is 2. The topological polar surface area (TPSA) is 64.5 Å². The van der Waals surface area contributed by atoms with E-state index in [1.807, 2.05) is 0 Å². The predicted octanol–water partition coefficient (Wildman–Crippen LogP) is 5.75. The van der Waals surface area contributed by atoms with Crippen LogP contribution >= 0.6 is 0 Å². The van der Waals surface area contributed by atoms with Gasteiger partial charge in [0.1, 0.15) is 6.10 Å². The van der Waals surface area contributed by atoms with E-state index < -0.39 is 29.5 Å². The molecule has 184 valence electrons. The van der Waals surface area contributed by atoms with E-state index in [0.717, 1.165) is 46.8 Å². The van der Waals surface area contributed by atoms with Crippen molar-refractivity contribution in [1.82, 2.24) is 9.97 Å². The number of hydrogen-bond donors (Lipinski definition) is 1. The van der Waals surface area contributed by atoms with Gasteiger partial charge in [-0.3, -0.25) is 9.97 Å². The monoisotopic (exact) mass is 476 g/mol. The van der Waals surface area contributed by atoms with Gasteiger partial charge >= 0.3 is 6.18 Å². The first-order valence-corrected chi connectivity index (χ1v) is 12.0. The molecule has 2 unspecified atom stereocenters. The van der Waals surface area contributed by atoms with Crippen LogP contribution in [0.4, 0.5) is 13.2 Å². The molecule has 4 heterocycles. The Balaban J connectivity index is 1.74. The first-order chi connectivity index (χ1) is 15.9. The third-order valence-corrected chi connectivity index (χ3v) is 7.40. The standard InChI is InChI=1S/C26H31F3N2O3/c1-14(2)22-20-21(19-17(31-22)11-24(3,4)12-18(19)32)25(7-9-33-10-8-25)34-23(20)16-6-5-15(13-30-16)26(27,28)29/h5-6,13-14,18,23,32H,7-12H2,1-4H3. The van der Waals surface area contributed by atoms with Crippen LogP contribution in [0.3, 0.4) is 0 Å². The van der Waals surface area contributed by atoms with Crippen molar-refractivity contribution < 1.29 is 27.8 Å². The van der Waals surface area contributed by atoms with Crippen LogP contribution in [0.5, 0.6) is 0 Å². The molecule has 3 aliphatic rings. The minimum Gasteiger partial charge on any atom is -0.388 e. The summed E-state index contributed by atoms with van der Waals surface area (Å²) in [6, 6.07) is 2.46. The van der Waals surface area contributed by atoms with Crippen molar-refractivity contribution in [3.05, 3.63) is 57.7 Å². The zero-order chi connectivity index (χ0) is 24.5. The molecular weight excluding hydrogens is 445 g/mol. The van der Waals surface area contributed by atoms with Gasteiger partial charge in [0.15, 0.2) is 0 Å². The van der Waals surface area contributed by atoms with Crippen LogP contribution in [0.15, 0.2) is 18.3 Å². The lowest BCUT2D eigenvalue weighted by molar-refractivity contribution is -0.138. The average molecular weight is 477 g/mol. The van der Waals surface area contributed by atoms with Gasteiger partial charge in [-0.25, -0.2) is 0 Å². The molecule has 0 aromatic carbocycles. The SMILES string of the molecule is CC(C)c1nc2c(c3c1C(c1ccc(C(F)(F)F)cn1)OC31CCOCC1)C(O)CC(C)(C)C2. The van der Waals surface area contributed by atoms with E-state index in [4.69, 9.17) is 14.5 Å². The highest BCUT2D eigenvalue weighted by molar-refractivity contribution is 5.53. The van der Waals surface area contributed by atoms with E-state index in [1.54, 1.807) is 0 Å². The molecule has 0 bridgehead atoms. The van der Waals surface area contributed by atoms with Gasteiger partial charge in [0, 0.05) is 54.8 Å². The number of ether oxygens (including phenoxy) is 2. The quantitative estimate of drug-likeness (QED) is 0.598. The van der Waals surface area contributed by atoms with Crippen LogP contribution in [0.25, 0.3) is 0 Å². The second-order valence-electron chi connectivity index (χ2n) is 10.9. The lowest BCUT2D eigenvalue weighted by atomic mass is 9.70. The Morgan fingerprint density at radius 2 is 1.82 bits per heavy atom. The van der Waals surface area contributed by atoms with Crippen molar-refractivity contribution in [2.24, 2.45) is 5.41 Å². The number of hydrogen-bond acceptors (Lipinski definition) is 5. The van der Waals surface area contributed by atoms with Crippen molar-refractivity contribution in [3.8, 4) is 0 Å². The second-order valence-corrected chi connectivity index (χ2v) is 10.9. The fraction of sp³-hybridized carbons (Fsp3) is 0.615. The maximum atomic E-state index is 13.2. The molecular formula is C26H31F3N2O3. The second kappa shape index (κ2) is 8.00. The Labute approximate surface area is 197 Å². The Morgan fingerprint density at radius 3 is 2.41 bits per heavy atom. The Bertz CT molecular complexity index is 1090. The molecule has 1 spiro atoms. The molecule has 34 heavy (non-hydrogen) atoms. The maximum Gasteiger partial charge on any atom is 0.417 e. The number of aromatic nitrogens is 2. The highest BCUT2D eigenvalue weighted by atomic mass is 19.4. The summed E-state index contributed by atoms with van der Waals surface area (Å²) in [6.07, 6.45) is -2.32. The van der Waals surface area contributed by atoms with Crippen molar-refractivity contribution in [2.45, 2.75) is 83.3 Å². The zero-order valence-corrected chi connectivity index (χ0v) is 20.0. The van der Waals surface area contributed by atoms with E-state index in [0.29, 0.717) is 38.2 Å². The van der Waals surface area contributed by atoms with Gasteiger partial charge in [-0.15, -0.1) is 0 Å². The summed E-state index contributed by atoms with van der Waals surface area (Å²) in [5.41, 5.74) is 3.32. The van der Waals surface area contributed by atoms with Crippen LogP contribution in [0.1, 0.15) is 104 Å². The van der Waals surface area contributed by atoms with Crippen LogP contribution in [-0.2, 0) is 27.7 Å². The molecule has 0 radical (unpaired) electrons. The molecule has 1 saturated heterocycles. The maximum absolute atomic E-state index is 13.2. The minimum absolute atomic E-state index is 0.0665.